The zero-order chi connectivity index (χ0) is 13.0. The molecule has 1 aliphatic heterocycles. The van der Waals surface area contributed by atoms with Crippen LogP contribution in [-0.2, 0) is 4.79 Å². The minimum atomic E-state index is -0.305. The molecule has 96 valence electrons. The number of carbonyl (C=O) groups excluding carboxylic acids is 1. The molecule has 0 N–H and O–H groups in total. The molecule has 0 saturated heterocycles. The van der Waals surface area contributed by atoms with Crippen LogP contribution < -0.4 is 10.7 Å². The van der Waals surface area contributed by atoms with Crippen molar-refractivity contribution in [3.63, 3.8) is 0 Å². The van der Waals surface area contributed by atoms with Gasteiger partial charge in [0, 0.05) is 6.54 Å². The molecule has 4 heteroatoms. The number of amides is 1. The van der Waals surface area contributed by atoms with Crippen LogP contribution in [0.5, 0.6) is 0 Å². The molecule has 0 spiro atoms. The Morgan fingerprint density at radius 2 is 1.83 bits per heavy atom. The maximum atomic E-state index is 11.9. The average molecular weight is 245 g/mol. The molecule has 1 aliphatic rings. The maximum Gasteiger partial charge on any atom is 0.271 e. The van der Waals surface area contributed by atoms with Gasteiger partial charge in [-0.25, -0.2) is 4.99 Å². The quantitative estimate of drug-likeness (QED) is 0.761. The number of hydrogen-bond acceptors (Lipinski definition) is 3. The summed E-state index contributed by atoms with van der Waals surface area (Å²) in [5.74, 6) is -0.110. The third kappa shape index (κ3) is 2.82. The van der Waals surface area contributed by atoms with Gasteiger partial charge in [-0.2, -0.15) is 0 Å². The Labute approximate surface area is 107 Å². The van der Waals surface area contributed by atoms with Crippen molar-refractivity contribution in [2.45, 2.75) is 26.3 Å². The molecule has 0 fully saturated rings. The number of carbonyl (C=O) groups is 1. The summed E-state index contributed by atoms with van der Waals surface area (Å²) in [4.78, 5) is 22.8. The number of nitrogens with zero attached hydrogens (tertiary/aromatic N) is 3. The van der Waals surface area contributed by atoms with Crippen LogP contribution in [-0.4, -0.2) is 36.5 Å². The normalized spacial score (nSPS) is 18.2. The molecule has 1 unspecified atom stereocenters. The third-order valence-corrected chi connectivity index (χ3v) is 3.31. The van der Waals surface area contributed by atoms with Gasteiger partial charge in [0.1, 0.15) is 6.04 Å². The Hall–Kier alpha value is -1.55. The maximum absolute atomic E-state index is 11.9. The first-order valence-corrected chi connectivity index (χ1v) is 6.52. The first kappa shape index (κ1) is 12.9. The van der Waals surface area contributed by atoms with E-state index in [9.17, 15) is 4.79 Å². The van der Waals surface area contributed by atoms with E-state index in [4.69, 9.17) is 0 Å². The third-order valence-electron chi connectivity index (χ3n) is 3.31. The van der Waals surface area contributed by atoms with Crippen LogP contribution in [0, 0.1) is 0 Å². The van der Waals surface area contributed by atoms with Gasteiger partial charge in [0.2, 0.25) is 0 Å². The molecule has 4 nitrogen and oxygen atoms in total. The number of hydrogen-bond donors (Lipinski definition) is 0. The second-order valence-electron chi connectivity index (χ2n) is 4.40. The van der Waals surface area contributed by atoms with Gasteiger partial charge in [-0.15, -0.1) is 0 Å². The Balaban J connectivity index is 2.12. The Morgan fingerprint density at radius 1 is 1.17 bits per heavy atom. The summed E-state index contributed by atoms with van der Waals surface area (Å²) in [6, 6.07) is 7.24. The lowest BCUT2D eigenvalue weighted by atomic mass is 10.1. The van der Waals surface area contributed by atoms with E-state index in [1.54, 1.807) is 0 Å². The van der Waals surface area contributed by atoms with E-state index in [-0.39, 0.29) is 11.9 Å². The molecular weight excluding hydrogens is 226 g/mol. The molecule has 0 radical (unpaired) electrons. The van der Waals surface area contributed by atoms with Crippen molar-refractivity contribution in [3.05, 3.63) is 35.0 Å². The van der Waals surface area contributed by atoms with Crippen molar-refractivity contribution < 1.29 is 4.79 Å². The average Bonchev–Trinajstić information content (AvgIpc) is 2.40. The van der Waals surface area contributed by atoms with Gasteiger partial charge < -0.3 is 4.90 Å². The standard InChI is InChI=1S/C14H19N3O/c1-3-17(4-2)10-9-13-14(18)16-12-8-6-5-7-11(12)15-13/h5-8,13H,3-4,9-10H2,1-2H3. The fraction of sp³-hybridized carbons (Fsp3) is 0.500. The Bertz CT molecular complexity index is 534. The zero-order valence-electron chi connectivity index (χ0n) is 11.0. The zero-order valence-corrected chi connectivity index (χ0v) is 11.0. The van der Waals surface area contributed by atoms with Crippen molar-refractivity contribution in [2.75, 3.05) is 19.6 Å². The molecule has 18 heavy (non-hydrogen) atoms. The second-order valence-corrected chi connectivity index (χ2v) is 4.40. The summed E-state index contributed by atoms with van der Waals surface area (Å²) in [5.41, 5.74) is 0. The molecule has 2 rings (SSSR count). The van der Waals surface area contributed by atoms with Crippen LogP contribution >= 0.6 is 0 Å². The minimum absolute atomic E-state index is 0.110. The summed E-state index contributed by atoms with van der Waals surface area (Å²) >= 11 is 0. The number of rotatable bonds is 5. The van der Waals surface area contributed by atoms with Gasteiger partial charge in [0.25, 0.3) is 5.91 Å². The first-order chi connectivity index (χ1) is 8.74. The van der Waals surface area contributed by atoms with Crippen molar-refractivity contribution >= 4 is 5.91 Å². The van der Waals surface area contributed by atoms with Crippen LogP contribution in [0.2, 0.25) is 0 Å². The molecule has 0 bridgehead atoms. The van der Waals surface area contributed by atoms with Crippen LogP contribution in [0.1, 0.15) is 20.3 Å². The molecule has 1 heterocycles. The van der Waals surface area contributed by atoms with Gasteiger partial charge in [-0.3, -0.25) is 9.79 Å². The van der Waals surface area contributed by atoms with Crippen molar-refractivity contribution in [1.29, 1.82) is 0 Å². The smallest absolute Gasteiger partial charge is 0.271 e. The molecule has 1 aromatic rings. The van der Waals surface area contributed by atoms with E-state index in [0.29, 0.717) is 5.36 Å². The topological polar surface area (TPSA) is 45.0 Å². The lowest BCUT2D eigenvalue weighted by Crippen LogP contribution is -2.38. The van der Waals surface area contributed by atoms with E-state index in [0.717, 1.165) is 31.4 Å². The van der Waals surface area contributed by atoms with E-state index >= 15 is 0 Å². The van der Waals surface area contributed by atoms with Gasteiger partial charge >= 0.3 is 0 Å². The molecule has 0 aliphatic carbocycles. The van der Waals surface area contributed by atoms with Gasteiger partial charge in [-0.1, -0.05) is 26.0 Å². The van der Waals surface area contributed by atoms with Crippen LogP contribution in [0.4, 0.5) is 0 Å². The molecule has 0 aromatic heterocycles. The summed E-state index contributed by atoms with van der Waals surface area (Å²) in [6.07, 6.45) is 0.748. The van der Waals surface area contributed by atoms with E-state index in [1.807, 2.05) is 24.3 Å². The van der Waals surface area contributed by atoms with E-state index in [2.05, 4.69) is 28.7 Å². The Kier molecular flexibility index (Phi) is 4.20. The van der Waals surface area contributed by atoms with Gasteiger partial charge in [0.15, 0.2) is 0 Å². The molecule has 1 amide bonds. The predicted molar refractivity (Wildman–Crippen MR) is 70.0 cm³/mol. The highest BCUT2D eigenvalue weighted by molar-refractivity contribution is 5.83. The monoisotopic (exact) mass is 245 g/mol. The van der Waals surface area contributed by atoms with Gasteiger partial charge in [-0.05, 0) is 31.6 Å². The summed E-state index contributed by atoms with van der Waals surface area (Å²) in [6.45, 7) is 7.16. The Morgan fingerprint density at radius 3 is 2.50 bits per heavy atom. The van der Waals surface area contributed by atoms with E-state index < -0.39 is 0 Å². The van der Waals surface area contributed by atoms with Crippen LogP contribution in [0.15, 0.2) is 34.3 Å². The van der Waals surface area contributed by atoms with Crippen molar-refractivity contribution in [2.24, 2.45) is 9.98 Å². The lowest BCUT2D eigenvalue weighted by Gasteiger charge is -2.20. The van der Waals surface area contributed by atoms with Crippen LogP contribution in [0.25, 0.3) is 0 Å². The highest BCUT2D eigenvalue weighted by Crippen LogP contribution is 2.04. The number of fused-ring (bicyclic) bond motifs is 1. The highest BCUT2D eigenvalue weighted by Gasteiger charge is 2.19. The minimum Gasteiger partial charge on any atom is -0.304 e. The molecular formula is C14H19N3O. The largest absolute Gasteiger partial charge is 0.304 e. The number of para-hydroxylation sites is 2. The summed E-state index contributed by atoms with van der Waals surface area (Å²) < 4.78 is 0. The number of benzene rings is 1. The molecule has 1 aromatic carbocycles. The highest BCUT2D eigenvalue weighted by atomic mass is 16.1. The van der Waals surface area contributed by atoms with E-state index in [1.165, 1.54) is 0 Å². The summed E-state index contributed by atoms with van der Waals surface area (Å²) in [7, 11) is 0. The first-order valence-electron chi connectivity index (χ1n) is 6.52. The van der Waals surface area contributed by atoms with Crippen molar-refractivity contribution in [3.8, 4) is 0 Å². The summed E-state index contributed by atoms with van der Waals surface area (Å²) in [5, 5.41) is 1.53. The van der Waals surface area contributed by atoms with Crippen molar-refractivity contribution in [1.82, 2.24) is 4.90 Å². The van der Waals surface area contributed by atoms with Gasteiger partial charge in [0.05, 0.1) is 10.7 Å². The lowest BCUT2D eigenvalue weighted by molar-refractivity contribution is -0.119. The van der Waals surface area contributed by atoms with Crippen LogP contribution in [0.3, 0.4) is 0 Å². The second kappa shape index (κ2) is 5.87. The fourth-order valence-corrected chi connectivity index (χ4v) is 2.12. The molecule has 1 atom stereocenters. The molecule has 0 saturated carbocycles. The predicted octanol–water partition coefficient (Wildman–Crippen LogP) is 0.566. The fourth-order valence-electron chi connectivity index (χ4n) is 2.12. The SMILES string of the molecule is CCN(CC)CCC1N=c2ccccc2=NC1=O.